The first-order chi connectivity index (χ1) is 26.7. The zero-order chi connectivity index (χ0) is 43.6. The van der Waals surface area contributed by atoms with Crippen LogP contribution in [0.5, 0.6) is 5.75 Å². The fourth-order valence-electron chi connectivity index (χ4n) is 5.19. The molecule has 0 atom stereocenters. The van der Waals surface area contributed by atoms with Gasteiger partial charge in [0, 0.05) is 23.7 Å². The van der Waals surface area contributed by atoms with Gasteiger partial charge in [-0.25, -0.2) is 13.9 Å². The molecule has 1 aromatic heterocycles. The molecule has 316 valence electrons. The maximum absolute atomic E-state index is 14.8. The number of hydrogen-bond acceptors (Lipinski definition) is 9. The summed E-state index contributed by atoms with van der Waals surface area (Å²) in [6.07, 6.45) is -17.6. The second kappa shape index (κ2) is 16.7. The average Bonchev–Trinajstić information content (AvgIpc) is 3.75. The van der Waals surface area contributed by atoms with Gasteiger partial charge < -0.3 is 18.9 Å². The molecule has 1 aliphatic rings. The van der Waals surface area contributed by atoms with Crippen LogP contribution in [0.2, 0.25) is 10.0 Å². The smallest absolute Gasteiger partial charge is 0.460 e. The van der Waals surface area contributed by atoms with Gasteiger partial charge in [0.1, 0.15) is 16.8 Å². The lowest BCUT2D eigenvalue weighted by molar-refractivity contribution is -0.348. The van der Waals surface area contributed by atoms with Crippen LogP contribution in [0.4, 0.5) is 48.7 Å². The molecule has 2 aromatic carbocycles. The minimum Gasteiger partial charge on any atom is -0.460 e. The average molecular weight is 880 g/mol. The van der Waals surface area contributed by atoms with Crippen molar-refractivity contribution in [2.45, 2.75) is 88.4 Å². The summed E-state index contributed by atoms with van der Waals surface area (Å²) in [5, 5.41) is 12.2. The number of esters is 1. The van der Waals surface area contributed by atoms with E-state index >= 15 is 0 Å². The Hall–Kier alpha value is -4.97. The van der Waals surface area contributed by atoms with Crippen molar-refractivity contribution >= 4 is 41.2 Å². The maximum atomic E-state index is 14.8. The second-order valence-electron chi connectivity index (χ2n) is 13.3. The van der Waals surface area contributed by atoms with Gasteiger partial charge in [0.15, 0.2) is 12.5 Å². The fraction of sp³-hybridized carbons (Fsp3) is 0.457. The summed E-state index contributed by atoms with van der Waals surface area (Å²) in [5.41, 5.74) is -12.0. The Balaban J connectivity index is 1.60. The first-order valence-corrected chi connectivity index (χ1v) is 17.5. The number of rotatable bonds is 14. The molecule has 1 amide bonds. The number of carbonyl (C=O) groups is 3. The third-order valence-electron chi connectivity index (χ3n) is 8.77. The van der Waals surface area contributed by atoms with Gasteiger partial charge in [-0.15, -0.1) is 13.2 Å². The van der Waals surface area contributed by atoms with Gasteiger partial charge in [-0.3, -0.25) is 14.5 Å². The molecule has 58 heavy (non-hydrogen) atoms. The SMILES string of the molecule is CCC(C)(C)OC(=O)CCCOC(=O)OCN(C(=O)c1cc(-c2cnn(-c3c(Cl)cc(C(F)(C(F)(F)F)C(F)(F)F)cc3OC(F)(F)F)c2)ccc1Cl)C1(C#N)CC1. The Morgan fingerprint density at radius 3 is 2.12 bits per heavy atom. The summed E-state index contributed by atoms with van der Waals surface area (Å²) in [5.74, 6) is -3.24. The van der Waals surface area contributed by atoms with Crippen molar-refractivity contribution in [3.8, 4) is 28.6 Å². The molecule has 0 unspecified atom stereocenters. The Bertz CT molecular complexity index is 2060. The molecule has 0 spiro atoms. The van der Waals surface area contributed by atoms with Gasteiger partial charge in [0.05, 0.1) is 34.5 Å². The van der Waals surface area contributed by atoms with Gasteiger partial charge >= 0.3 is 36.5 Å². The van der Waals surface area contributed by atoms with Crippen LogP contribution in [0.1, 0.15) is 68.8 Å². The molecule has 0 bridgehead atoms. The lowest BCUT2D eigenvalue weighted by Gasteiger charge is -2.31. The van der Waals surface area contributed by atoms with Crippen molar-refractivity contribution in [3.05, 3.63) is 63.9 Å². The first-order valence-electron chi connectivity index (χ1n) is 16.7. The normalized spacial score (nSPS) is 14.3. The first kappa shape index (κ1) is 45.7. The van der Waals surface area contributed by atoms with Crippen LogP contribution in [0.25, 0.3) is 16.8 Å². The summed E-state index contributed by atoms with van der Waals surface area (Å²) >= 11 is 12.2. The Morgan fingerprint density at radius 2 is 1.57 bits per heavy atom. The van der Waals surface area contributed by atoms with E-state index in [1.54, 1.807) is 13.8 Å². The van der Waals surface area contributed by atoms with Gasteiger partial charge in [-0.05, 0) is 69.4 Å². The number of ether oxygens (including phenoxy) is 4. The largest absolute Gasteiger partial charge is 0.573 e. The van der Waals surface area contributed by atoms with Crippen molar-refractivity contribution < 1.29 is 77.2 Å². The predicted octanol–water partition coefficient (Wildman–Crippen LogP) is 10.2. The van der Waals surface area contributed by atoms with Crippen molar-refractivity contribution in [2.75, 3.05) is 13.3 Å². The Kier molecular flexibility index (Phi) is 13.2. The van der Waals surface area contributed by atoms with Gasteiger partial charge in [-0.2, -0.15) is 36.7 Å². The summed E-state index contributed by atoms with van der Waals surface area (Å²) in [6, 6.07) is 4.96. The monoisotopic (exact) mass is 878 g/mol. The fourth-order valence-corrected chi connectivity index (χ4v) is 5.69. The number of nitrogens with zero attached hydrogens (tertiary/aromatic N) is 4. The highest BCUT2D eigenvalue weighted by atomic mass is 35.5. The highest BCUT2D eigenvalue weighted by molar-refractivity contribution is 6.34. The van der Waals surface area contributed by atoms with Gasteiger partial charge in [0.25, 0.3) is 5.91 Å². The van der Waals surface area contributed by atoms with Crippen LogP contribution in [-0.4, -0.2) is 75.9 Å². The molecule has 11 nitrogen and oxygen atoms in total. The number of amides is 1. The van der Waals surface area contributed by atoms with E-state index in [1.165, 1.54) is 12.1 Å². The van der Waals surface area contributed by atoms with E-state index in [1.807, 2.05) is 13.0 Å². The van der Waals surface area contributed by atoms with Crippen LogP contribution < -0.4 is 4.74 Å². The standard InChI is InChI=1S/C35H30Cl2F10N4O7/c1-4-30(2,3)58-26(52)6-5-11-55-29(54)56-18-50(31(17-48)9-10-31)28(53)22-12-19(7-8-23(22)36)20-15-49-51(16-20)27-24(37)13-21(14-25(27)57-35(45,46)47)32(38,33(39,40)41)34(42,43)44/h7-8,12-16H,4-6,9-11,18H2,1-3H3. The number of carbonyl (C=O) groups excluding carboxylic acids is 3. The number of halogens is 12. The molecule has 4 rings (SSSR count). The van der Waals surface area contributed by atoms with Gasteiger partial charge in [0.2, 0.25) is 0 Å². The van der Waals surface area contributed by atoms with E-state index < -0.39 is 88.4 Å². The highest BCUT2D eigenvalue weighted by Crippen LogP contribution is 2.55. The van der Waals surface area contributed by atoms with Crippen molar-refractivity contribution in [1.82, 2.24) is 14.7 Å². The minimum atomic E-state index is -6.70. The molecular weight excluding hydrogens is 849 g/mol. The third kappa shape index (κ3) is 10.2. The summed E-state index contributed by atoms with van der Waals surface area (Å²) < 4.78 is 155. The Morgan fingerprint density at radius 1 is 0.931 bits per heavy atom. The number of aromatic nitrogens is 2. The van der Waals surface area contributed by atoms with Crippen molar-refractivity contribution in [3.63, 3.8) is 0 Å². The molecule has 1 saturated carbocycles. The molecule has 1 aliphatic carbocycles. The predicted molar refractivity (Wildman–Crippen MR) is 181 cm³/mol. The number of nitriles is 1. The van der Waals surface area contributed by atoms with Crippen LogP contribution in [0.3, 0.4) is 0 Å². The second-order valence-corrected chi connectivity index (χ2v) is 14.1. The van der Waals surface area contributed by atoms with E-state index in [9.17, 15) is 63.5 Å². The molecule has 0 aliphatic heterocycles. The van der Waals surface area contributed by atoms with Crippen LogP contribution in [-0.2, 0) is 24.7 Å². The van der Waals surface area contributed by atoms with E-state index in [4.69, 9.17) is 37.4 Å². The van der Waals surface area contributed by atoms with E-state index in [2.05, 4.69) is 9.84 Å². The molecule has 0 radical (unpaired) electrons. The number of benzene rings is 2. The van der Waals surface area contributed by atoms with Crippen LogP contribution in [0.15, 0.2) is 42.7 Å². The molecule has 3 aromatic rings. The lowest BCUT2D eigenvalue weighted by atomic mass is 9.93. The van der Waals surface area contributed by atoms with E-state index in [-0.39, 0.29) is 60.1 Å². The molecule has 0 N–H and O–H groups in total. The Labute approximate surface area is 332 Å². The number of hydrogen-bond donors (Lipinski definition) is 0. The zero-order valence-corrected chi connectivity index (χ0v) is 31.7. The van der Waals surface area contributed by atoms with Gasteiger partial charge in [-0.1, -0.05) is 36.2 Å². The van der Waals surface area contributed by atoms with Crippen LogP contribution >= 0.6 is 23.2 Å². The zero-order valence-electron chi connectivity index (χ0n) is 30.2. The molecule has 0 saturated heterocycles. The van der Waals surface area contributed by atoms with E-state index in [0.29, 0.717) is 11.1 Å². The van der Waals surface area contributed by atoms with E-state index in [0.717, 1.165) is 23.4 Å². The molecule has 1 fully saturated rings. The topological polar surface area (TPSA) is 133 Å². The van der Waals surface area contributed by atoms with Crippen molar-refractivity contribution in [2.24, 2.45) is 0 Å². The summed E-state index contributed by atoms with van der Waals surface area (Å²) in [7, 11) is 0. The molecular formula is C35H30Cl2F10N4O7. The number of alkyl halides is 10. The lowest BCUT2D eigenvalue weighted by Crippen LogP contribution is -2.50. The molecule has 23 heteroatoms. The third-order valence-corrected chi connectivity index (χ3v) is 9.38. The quantitative estimate of drug-likeness (QED) is 0.0672. The minimum absolute atomic E-state index is 0.0462. The summed E-state index contributed by atoms with van der Waals surface area (Å²) in [6.45, 7) is 4.24. The molecule has 1 heterocycles. The van der Waals surface area contributed by atoms with Crippen LogP contribution in [0, 0.1) is 11.3 Å². The summed E-state index contributed by atoms with van der Waals surface area (Å²) in [4.78, 5) is 39.1. The highest BCUT2D eigenvalue weighted by Gasteiger charge is 2.73. The maximum Gasteiger partial charge on any atom is 0.573 e. The van der Waals surface area contributed by atoms with Crippen molar-refractivity contribution in [1.29, 1.82) is 5.26 Å².